The van der Waals surface area contributed by atoms with E-state index >= 15 is 0 Å². The Balaban J connectivity index is 2.44. The molecule has 0 aliphatic rings. The van der Waals surface area contributed by atoms with Crippen LogP contribution < -0.4 is 10.1 Å². The van der Waals surface area contributed by atoms with E-state index in [4.69, 9.17) is 4.74 Å². The molecule has 0 saturated carbocycles. The van der Waals surface area contributed by atoms with E-state index in [2.05, 4.69) is 5.32 Å². The number of nitrogens with one attached hydrogen (secondary N) is 1. The highest BCUT2D eigenvalue weighted by molar-refractivity contribution is 8.00. The Bertz CT molecular complexity index is 367. The third kappa shape index (κ3) is 6.20. The van der Waals surface area contributed by atoms with Crippen molar-refractivity contribution >= 4 is 11.8 Å². The van der Waals surface area contributed by atoms with Crippen LogP contribution in [-0.2, 0) is 0 Å². The molecule has 0 saturated heterocycles. The number of hydrogen-bond acceptors (Lipinski definition) is 3. The van der Waals surface area contributed by atoms with E-state index in [-0.39, 0.29) is 23.6 Å². The molecule has 1 aromatic carbocycles. The van der Waals surface area contributed by atoms with Crippen LogP contribution in [0.4, 0.5) is 13.2 Å². The van der Waals surface area contributed by atoms with E-state index in [0.29, 0.717) is 6.54 Å². The molecule has 108 valence electrons. The van der Waals surface area contributed by atoms with E-state index in [9.17, 15) is 13.2 Å². The second kappa shape index (κ2) is 7.65. The van der Waals surface area contributed by atoms with Crippen LogP contribution in [0.15, 0.2) is 24.3 Å². The smallest absolute Gasteiger partial charge is 0.441 e. The van der Waals surface area contributed by atoms with Gasteiger partial charge >= 0.3 is 5.51 Å². The maximum atomic E-state index is 12.0. The van der Waals surface area contributed by atoms with Crippen molar-refractivity contribution in [1.82, 2.24) is 5.32 Å². The molecule has 0 aliphatic heterocycles. The summed E-state index contributed by atoms with van der Waals surface area (Å²) >= 11 is 0.00480. The Morgan fingerprint density at radius 3 is 2.37 bits per heavy atom. The minimum Gasteiger partial charge on any atom is -0.497 e. The number of alkyl halides is 3. The molecule has 2 nitrogen and oxygen atoms in total. The molecule has 1 unspecified atom stereocenters. The van der Waals surface area contributed by atoms with Crippen molar-refractivity contribution in [2.45, 2.75) is 24.9 Å². The van der Waals surface area contributed by atoms with Gasteiger partial charge in [-0.15, -0.1) is 0 Å². The first-order chi connectivity index (χ1) is 8.96. The highest BCUT2D eigenvalue weighted by Crippen LogP contribution is 2.29. The van der Waals surface area contributed by atoms with Crippen LogP contribution in [0.3, 0.4) is 0 Å². The van der Waals surface area contributed by atoms with Crippen molar-refractivity contribution in [1.29, 1.82) is 0 Å². The van der Waals surface area contributed by atoms with Crippen LogP contribution in [-0.4, -0.2) is 24.9 Å². The lowest BCUT2D eigenvalue weighted by Crippen LogP contribution is -2.24. The molecular weight excluding hydrogens is 275 g/mol. The first-order valence-corrected chi connectivity index (χ1v) is 7.03. The molecule has 0 heterocycles. The third-order valence-corrected chi connectivity index (χ3v) is 3.42. The Hall–Kier alpha value is -0.880. The quantitative estimate of drug-likeness (QED) is 0.768. The van der Waals surface area contributed by atoms with Crippen LogP contribution in [0, 0.1) is 0 Å². The zero-order valence-corrected chi connectivity index (χ0v) is 11.8. The van der Waals surface area contributed by atoms with E-state index in [0.717, 1.165) is 17.7 Å². The molecule has 0 aliphatic carbocycles. The topological polar surface area (TPSA) is 21.3 Å². The molecule has 1 atom stereocenters. The summed E-state index contributed by atoms with van der Waals surface area (Å²) in [4.78, 5) is 0. The number of halogens is 3. The van der Waals surface area contributed by atoms with Crippen molar-refractivity contribution < 1.29 is 17.9 Å². The summed E-state index contributed by atoms with van der Waals surface area (Å²) in [6.07, 6.45) is 0.822. The van der Waals surface area contributed by atoms with Gasteiger partial charge in [-0.1, -0.05) is 19.1 Å². The Labute approximate surface area is 115 Å². The van der Waals surface area contributed by atoms with Crippen molar-refractivity contribution in [3.63, 3.8) is 0 Å². The molecular formula is C13H18F3NOS. The lowest BCUT2D eigenvalue weighted by atomic mass is 10.0. The van der Waals surface area contributed by atoms with Crippen LogP contribution >= 0.6 is 11.8 Å². The summed E-state index contributed by atoms with van der Waals surface area (Å²) in [5.74, 6) is 0.794. The predicted octanol–water partition coefficient (Wildman–Crippen LogP) is 3.99. The van der Waals surface area contributed by atoms with Gasteiger partial charge in [-0.3, -0.25) is 0 Å². The molecule has 6 heteroatoms. The van der Waals surface area contributed by atoms with Gasteiger partial charge in [0.25, 0.3) is 0 Å². The average molecular weight is 293 g/mol. The van der Waals surface area contributed by atoms with E-state index < -0.39 is 5.51 Å². The van der Waals surface area contributed by atoms with Crippen molar-refractivity contribution in [2.75, 3.05) is 19.4 Å². The zero-order valence-electron chi connectivity index (χ0n) is 11.0. The Morgan fingerprint density at radius 1 is 1.26 bits per heavy atom. The normalized spacial score (nSPS) is 13.3. The van der Waals surface area contributed by atoms with Gasteiger partial charge in [-0.05, 0) is 35.9 Å². The number of hydrogen-bond donors (Lipinski definition) is 1. The molecule has 1 rings (SSSR count). The summed E-state index contributed by atoms with van der Waals surface area (Å²) in [5.41, 5.74) is -3.09. The van der Waals surface area contributed by atoms with Gasteiger partial charge in [-0.25, -0.2) is 0 Å². The fourth-order valence-corrected chi connectivity index (χ4v) is 2.19. The standard InChI is InChI=1S/C13H18F3NOS/c1-3-12(17-8-9-19-13(14,15)16)10-4-6-11(18-2)7-5-10/h4-7,12,17H,3,8-9H2,1-2H3. The Morgan fingerprint density at radius 2 is 1.89 bits per heavy atom. The number of thioether (sulfide) groups is 1. The van der Waals surface area contributed by atoms with Gasteiger partial charge < -0.3 is 10.1 Å². The van der Waals surface area contributed by atoms with Gasteiger partial charge in [0.05, 0.1) is 7.11 Å². The number of rotatable bonds is 7. The van der Waals surface area contributed by atoms with Gasteiger partial charge in [0.1, 0.15) is 5.75 Å². The molecule has 0 spiro atoms. The number of ether oxygens (including phenoxy) is 1. The van der Waals surface area contributed by atoms with Crippen LogP contribution in [0.1, 0.15) is 24.9 Å². The fraction of sp³-hybridized carbons (Fsp3) is 0.538. The zero-order chi connectivity index (χ0) is 14.3. The maximum Gasteiger partial charge on any atom is 0.441 e. The number of methoxy groups -OCH3 is 1. The lowest BCUT2D eigenvalue weighted by molar-refractivity contribution is -0.0327. The molecule has 0 aromatic heterocycles. The van der Waals surface area contributed by atoms with Crippen molar-refractivity contribution in [2.24, 2.45) is 0 Å². The van der Waals surface area contributed by atoms with Gasteiger partial charge in [0.2, 0.25) is 0 Å². The van der Waals surface area contributed by atoms with E-state index in [1.54, 1.807) is 7.11 Å². The first-order valence-electron chi connectivity index (χ1n) is 6.04. The third-order valence-electron chi connectivity index (χ3n) is 2.68. The molecule has 0 fully saturated rings. The fourth-order valence-electron chi connectivity index (χ4n) is 1.73. The largest absolute Gasteiger partial charge is 0.497 e. The van der Waals surface area contributed by atoms with Crippen molar-refractivity contribution in [3.05, 3.63) is 29.8 Å². The number of benzene rings is 1. The average Bonchev–Trinajstić information content (AvgIpc) is 2.38. The molecule has 1 aromatic rings. The highest BCUT2D eigenvalue weighted by atomic mass is 32.2. The molecule has 19 heavy (non-hydrogen) atoms. The van der Waals surface area contributed by atoms with Crippen LogP contribution in [0.2, 0.25) is 0 Å². The van der Waals surface area contributed by atoms with Crippen LogP contribution in [0.5, 0.6) is 5.75 Å². The minimum atomic E-state index is -4.15. The molecule has 0 amide bonds. The maximum absolute atomic E-state index is 12.0. The SMILES string of the molecule is CCC(NCCSC(F)(F)F)c1ccc(OC)cc1. The van der Waals surface area contributed by atoms with Crippen LogP contribution in [0.25, 0.3) is 0 Å². The molecule has 1 N–H and O–H groups in total. The molecule has 0 radical (unpaired) electrons. The lowest BCUT2D eigenvalue weighted by Gasteiger charge is -2.18. The summed E-state index contributed by atoms with van der Waals surface area (Å²) in [6.45, 7) is 2.33. The van der Waals surface area contributed by atoms with E-state index in [1.807, 2.05) is 31.2 Å². The summed E-state index contributed by atoms with van der Waals surface area (Å²) in [6, 6.07) is 7.63. The predicted molar refractivity (Wildman–Crippen MR) is 72.5 cm³/mol. The molecule has 0 bridgehead atoms. The van der Waals surface area contributed by atoms with Gasteiger partial charge in [0, 0.05) is 18.3 Å². The monoisotopic (exact) mass is 293 g/mol. The minimum absolute atomic E-state index is 0.00480. The Kier molecular flexibility index (Phi) is 6.51. The highest BCUT2D eigenvalue weighted by Gasteiger charge is 2.27. The van der Waals surface area contributed by atoms with Gasteiger partial charge in [-0.2, -0.15) is 13.2 Å². The second-order valence-electron chi connectivity index (χ2n) is 3.98. The second-order valence-corrected chi connectivity index (χ2v) is 5.14. The first kappa shape index (κ1) is 16.2. The summed E-state index contributed by atoms with van der Waals surface area (Å²) < 4.78 is 41.0. The van der Waals surface area contributed by atoms with Crippen molar-refractivity contribution in [3.8, 4) is 5.75 Å². The van der Waals surface area contributed by atoms with Gasteiger partial charge in [0.15, 0.2) is 0 Å². The summed E-state index contributed by atoms with van der Waals surface area (Å²) in [7, 11) is 1.60. The summed E-state index contributed by atoms with van der Waals surface area (Å²) in [5, 5.41) is 3.13. The van der Waals surface area contributed by atoms with E-state index in [1.165, 1.54) is 0 Å².